The molecule has 0 aliphatic carbocycles. The quantitative estimate of drug-likeness (QED) is 0.849. The van der Waals surface area contributed by atoms with Gasteiger partial charge < -0.3 is 15.4 Å². The van der Waals surface area contributed by atoms with E-state index in [1.165, 1.54) is 22.4 Å². The summed E-state index contributed by atoms with van der Waals surface area (Å²) < 4.78 is 5.42. The number of anilines is 1. The largest absolute Gasteiger partial charge is 0.496 e. The van der Waals surface area contributed by atoms with Crippen molar-refractivity contribution in [2.75, 3.05) is 32.6 Å². The molecule has 2 N–H and O–H groups in total. The van der Waals surface area contributed by atoms with Crippen LogP contribution in [0.3, 0.4) is 0 Å². The van der Waals surface area contributed by atoms with Crippen molar-refractivity contribution < 1.29 is 4.74 Å². The molecule has 0 aliphatic rings. The monoisotopic (exact) mass is 312 g/mol. The fraction of sp³-hybridized carbons (Fsp3) is 0.400. The molecule has 0 amide bonds. The Morgan fingerprint density at radius 1 is 1.09 bits per heavy atom. The van der Waals surface area contributed by atoms with Crippen LogP contribution in [0.1, 0.15) is 29.5 Å². The SMILES string of the molecule is CCc1cc(C(CN)Cc2ccc(N(C)C)cc2)ccc1OC. The summed E-state index contributed by atoms with van der Waals surface area (Å²) in [4.78, 5) is 2.11. The average Bonchev–Trinajstić information content (AvgIpc) is 2.59. The normalized spacial score (nSPS) is 12.0. The van der Waals surface area contributed by atoms with Gasteiger partial charge in [-0.3, -0.25) is 0 Å². The lowest BCUT2D eigenvalue weighted by atomic mass is 9.90. The summed E-state index contributed by atoms with van der Waals surface area (Å²) in [6.45, 7) is 2.80. The lowest BCUT2D eigenvalue weighted by Crippen LogP contribution is -2.15. The van der Waals surface area contributed by atoms with E-state index >= 15 is 0 Å². The van der Waals surface area contributed by atoms with Crippen molar-refractivity contribution in [1.29, 1.82) is 0 Å². The average molecular weight is 312 g/mol. The highest BCUT2D eigenvalue weighted by Gasteiger charge is 2.13. The minimum Gasteiger partial charge on any atom is -0.496 e. The Morgan fingerprint density at radius 2 is 1.78 bits per heavy atom. The highest BCUT2D eigenvalue weighted by atomic mass is 16.5. The third-order valence-electron chi connectivity index (χ3n) is 4.38. The molecule has 3 nitrogen and oxygen atoms in total. The number of nitrogens with zero attached hydrogens (tertiary/aromatic N) is 1. The smallest absolute Gasteiger partial charge is 0.122 e. The molecule has 0 fully saturated rings. The van der Waals surface area contributed by atoms with Gasteiger partial charge in [0, 0.05) is 25.7 Å². The van der Waals surface area contributed by atoms with Gasteiger partial charge in [-0.15, -0.1) is 0 Å². The maximum Gasteiger partial charge on any atom is 0.122 e. The van der Waals surface area contributed by atoms with Gasteiger partial charge in [0.15, 0.2) is 0 Å². The molecule has 2 aromatic carbocycles. The van der Waals surface area contributed by atoms with E-state index in [0.29, 0.717) is 12.5 Å². The second-order valence-corrected chi connectivity index (χ2v) is 6.12. The molecular weight excluding hydrogens is 284 g/mol. The Bertz CT molecular complexity index is 620. The molecule has 0 saturated heterocycles. The van der Waals surface area contributed by atoms with E-state index in [0.717, 1.165) is 18.6 Å². The van der Waals surface area contributed by atoms with Gasteiger partial charge in [0.25, 0.3) is 0 Å². The van der Waals surface area contributed by atoms with Gasteiger partial charge in [0.2, 0.25) is 0 Å². The zero-order valence-corrected chi connectivity index (χ0v) is 14.7. The molecule has 124 valence electrons. The molecule has 0 aliphatic heterocycles. The van der Waals surface area contributed by atoms with Crippen molar-refractivity contribution in [2.24, 2.45) is 5.73 Å². The van der Waals surface area contributed by atoms with Gasteiger partial charge in [-0.05, 0) is 54.3 Å². The molecule has 0 bridgehead atoms. The van der Waals surface area contributed by atoms with Crippen LogP contribution in [-0.2, 0) is 12.8 Å². The summed E-state index contributed by atoms with van der Waals surface area (Å²) >= 11 is 0. The van der Waals surface area contributed by atoms with Crippen molar-refractivity contribution in [3.05, 3.63) is 59.2 Å². The Kier molecular flexibility index (Phi) is 6.05. The molecule has 0 saturated carbocycles. The first kappa shape index (κ1) is 17.4. The molecular formula is C20H28N2O. The van der Waals surface area contributed by atoms with Crippen LogP contribution >= 0.6 is 0 Å². The van der Waals surface area contributed by atoms with E-state index in [9.17, 15) is 0 Å². The fourth-order valence-electron chi connectivity index (χ4n) is 2.88. The second-order valence-electron chi connectivity index (χ2n) is 6.12. The van der Waals surface area contributed by atoms with E-state index < -0.39 is 0 Å². The van der Waals surface area contributed by atoms with Crippen LogP contribution in [0.15, 0.2) is 42.5 Å². The zero-order valence-electron chi connectivity index (χ0n) is 14.7. The van der Waals surface area contributed by atoms with Crippen molar-refractivity contribution in [3.8, 4) is 5.75 Å². The summed E-state index contributed by atoms with van der Waals surface area (Å²) in [5.74, 6) is 1.29. The molecule has 1 unspecified atom stereocenters. The second kappa shape index (κ2) is 8.02. The topological polar surface area (TPSA) is 38.5 Å². The van der Waals surface area contributed by atoms with Crippen LogP contribution in [0.2, 0.25) is 0 Å². The number of hydrogen-bond donors (Lipinski definition) is 1. The molecule has 23 heavy (non-hydrogen) atoms. The summed E-state index contributed by atoms with van der Waals surface area (Å²) in [7, 11) is 5.84. The number of benzene rings is 2. The molecule has 3 heteroatoms. The van der Waals surface area contributed by atoms with E-state index in [1.807, 2.05) is 0 Å². The number of ether oxygens (including phenoxy) is 1. The van der Waals surface area contributed by atoms with Gasteiger partial charge in [-0.2, -0.15) is 0 Å². The van der Waals surface area contributed by atoms with Crippen LogP contribution in [0.5, 0.6) is 5.75 Å². The molecule has 2 aromatic rings. The third-order valence-corrected chi connectivity index (χ3v) is 4.38. The third kappa shape index (κ3) is 4.26. The predicted molar refractivity (Wildman–Crippen MR) is 98.6 cm³/mol. The Labute approximate surface area is 140 Å². The highest BCUT2D eigenvalue weighted by molar-refractivity contribution is 5.46. The van der Waals surface area contributed by atoms with Crippen molar-refractivity contribution in [2.45, 2.75) is 25.7 Å². The van der Waals surface area contributed by atoms with Gasteiger partial charge in [-0.25, -0.2) is 0 Å². The van der Waals surface area contributed by atoms with Gasteiger partial charge in [0.1, 0.15) is 5.75 Å². The summed E-state index contributed by atoms with van der Waals surface area (Å²) in [5.41, 5.74) is 11.1. The summed E-state index contributed by atoms with van der Waals surface area (Å²) in [6.07, 6.45) is 1.92. The molecule has 0 radical (unpaired) electrons. The van der Waals surface area contributed by atoms with E-state index in [2.05, 4.69) is 68.4 Å². The van der Waals surface area contributed by atoms with Crippen molar-refractivity contribution >= 4 is 5.69 Å². The van der Waals surface area contributed by atoms with Crippen LogP contribution in [0, 0.1) is 0 Å². The standard InChI is InChI=1S/C20H28N2O/c1-5-16-13-17(8-11-20(16)23-4)18(14-21)12-15-6-9-19(10-7-15)22(2)3/h6-11,13,18H,5,12,14,21H2,1-4H3. The van der Waals surface area contributed by atoms with E-state index in [-0.39, 0.29) is 0 Å². The predicted octanol–water partition coefficient (Wildman–Crippen LogP) is 3.61. The Morgan fingerprint density at radius 3 is 2.30 bits per heavy atom. The van der Waals surface area contributed by atoms with Crippen molar-refractivity contribution in [3.63, 3.8) is 0 Å². The zero-order chi connectivity index (χ0) is 16.8. The maximum absolute atomic E-state index is 6.05. The van der Waals surface area contributed by atoms with Crippen LogP contribution in [-0.4, -0.2) is 27.7 Å². The maximum atomic E-state index is 6.05. The van der Waals surface area contributed by atoms with Crippen molar-refractivity contribution in [1.82, 2.24) is 0 Å². The van der Waals surface area contributed by atoms with Gasteiger partial charge in [0.05, 0.1) is 7.11 Å². The molecule has 0 spiro atoms. The Balaban J connectivity index is 2.19. The summed E-state index contributed by atoms with van der Waals surface area (Å²) in [6, 6.07) is 15.2. The Hall–Kier alpha value is -2.00. The lowest BCUT2D eigenvalue weighted by Gasteiger charge is -2.18. The fourth-order valence-corrected chi connectivity index (χ4v) is 2.88. The van der Waals surface area contributed by atoms with Gasteiger partial charge in [-0.1, -0.05) is 31.2 Å². The number of methoxy groups -OCH3 is 1. The first-order valence-electron chi connectivity index (χ1n) is 8.22. The van der Waals surface area contributed by atoms with Crippen LogP contribution < -0.4 is 15.4 Å². The number of hydrogen-bond acceptors (Lipinski definition) is 3. The van der Waals surface area contributed by atoms with E-state index in [1.54, 1.807) is 7.11 Å². The first-order chi connectivity index (χ1) is 11.1. The minimum atomic E-state index is 0.330. The minimum absolute atomic E-state index is 0.330. The first-order valence-corrected chi connectivity index (χ1v) is 8.22. The van der Waals surface area contributed by atoms with Gasteiger partial charge >= 0.3 is 0 Å². The summed E-state index contributed by atoms with van der Waals surface area (Å²) in [5, 5.41) is 0. The number of rotatable bonds is 7. The number of aryl methyl sites for hydroxylation is 1. The highest BCUT2D eigenvalue weighted by Crippen LogP contribution is 2.27. The lowest BCUT2D eigenvalue weighted by molar-refractivity contribution is 0.410. The van der Waals surface area contributed by atoms with E-state index in [4.69, 9.17) is 10.5 Å². The van der Waals surface area contributed by atoms with Crippen LogP contribution in [0.25, 0.3) is 0 Å². The number of nitrogens with two attached hydrogens (primary N) is 1. The molecule has 0 heterocycles. The van der Waals surface area contributed by atoms with Crippen LogP contribution in [0.4, 0.5) is 5.69 Å². The molecule has 2 rings (SSSR count). The molecule has 1 atom stereocenters. The molecule has 0 aromatic heterocycles.